The summed E-state index contributed by atoms with van der Waals surface area (Å²) >= 11 is 0. The van der Waals surface area contributed by atoms with E-state index in [9.17, 15) is 4.79 Å². The molecule has 0 aliphatic heterocycles. The topological polar surface area (TPSA) is 47.6 Å². The minimum Gasteiger partial charge on any atom is -0.465 e. The molecule has 4 nitrogen and oxygen atoms in total. The molecule has 1 unspecified atom stereocenters. The number of hydrogen-bond donors (Lipinski definition) is 1. The Bertz CT molecular complexity index is 354. The summed E-state index contributed by atoms with van der Waals surface area (Å²) in [5, 5.41) is 3.25. The van der Waals surface area contributed by atoms with E-state index in [1.165, 1.54) is 0 Å². The van der Waals surface area contributed by atoms with Crippen molar-refractivity contribution in [3.63, 3.8) is 0 Å². The number of ether oxygens (including phenoxy) is 2. The van der Waals surface area contributed by atoms with Crippen molar-refractivity contribution in [2.45, 2.75) is 25.8 Å². The van der Waals surface area contributed by atoms with Gasteiger partial charge in [-0.2, -0.15) is 0 Å². The Balaban J connectivity index is 2.53. The molecule has 0 saturated heterocycles. The molecule has 1 rings (SSSR count). The summed E-state index contributed by atoms with van der Waals surface area (Å²) in [5.41, 5.74) is 0.938. The number of hydrogen-bond acceptors (Lipinski definition) is 4. The van der Waals surface area contributed by atoms with E-state index in [0.29, 0.717) is 6.61 Å². The van der Waals surface area contributed by atoms with Crippen LogP contribution in [0.3, 0.4) is 0 Å². The summed E-state index contributed by atoms with van der Waals surface area (Å²) in [6.45, 7) is 3.73. The first-order valence-electron chi connectivity index (χ1n) is 6.73. The molecule has 0 aliphatic carbocycles. The lowest BCUT2D eigenvalue weighted by molar-refractivity contribution is -0.145. The van der Waals surface area contributed by atoms with Crippen molar-refractivity contribution >= 4 is 5.97 Å². The summed E-state index contributed by atoms with van der Waals surface area (Å²) in [6.07, 6.45) is 1.95. The Morgan fingerprint density at radius 2 is 2.00 bits per heavy atom. The van der Waals surface area contributed by atoms with Gasteiger partial charge in [-0.3, -0.25) is 0 Å². The largest absolute Gasteiger partial charge is 0.465 e. The average molecular weight is 265 g/mol. The van der Waals surface area contributed by atoms with Crippen LogP contribution in [-0.4, -0.2) is 32.8 Å². The number of benzene rings is 1. The van der Waals surface area contributed by atoms with Crippen LogP contribution >= 0.6 is 0 Å². The molecular weight excluding hydrogens is 242 g/mol. The lowest BCUT2D eigenvalue weighted by Crippen LogP contribution is -2.31. The van der Waals surface area contributed by atoms with Crippen LogP contribution in [0.4, 0.5) is 0 Å². The molecule has 0 spiro atoms. The van der Waals surface area contributed by atoms with Crippen molar-refractivity contribution in [1.82, 2.24) is 5.32 Å². The zero-order chi connectivity index (χ0) is 13.9. The molecule has 0 fully saturated rings. The zero-order valence-electron chi connectivity index (χ0n) is 11.7. The molecular formula is C15H23NO3. The third-order valence-electron chi connectivity index (χ3n) is 2.78. The highest BCUT2D eigenvalue weighted by molar-refractivity contribution is 5.77. The molecule has 0 amide bonds. The smallest absolute Gasteiger partial charge is 0.327 e. The van der Waals surface area contributed by atoms with Crippen LogP contribution in [-0.2, 0) is 14.3 Å². The molecule has 19 heavy (non-hydrogen) atoms. The van der Waals surface area contributed by atoms with Crippen molar-refractivity contribution < 1.29 is 14.3 Å². The highest BCUT2D eigenvalue weighted by Gasteiger charge is 2.20. The second-order valence-corrected chi connectivity index (χ2v) is 4.25. The summed E-state index contributed by atoms with van der Waals surface area (Å²) in [7, 11) is 1.69. The molecule has 1 aromatic carbocycles. The number of rotatable bonds is 9. The molecule has 1 aromatic rings. The predicted octanol–water partition coefficient (Wildman–Crippen LogP) is 2.31. The first-order valence-corrected chi connectivity index (χ1v) is 6.73. The Morgan fingerprint density at radius 3 is 2.63 bits per heavy atom. The van der Waals surface area contributed by atoms with E-state index >= 15 is 0 Å². The normalized spacial score (nSPS) is 12.1. The van der Waals surface area contributed by atoms with Gasteiger partial charge >= 0.3 is 5.97 Å². The highest BCUT2D eigenvalue weighted by atomic mass is 16.5. The van der Waals surface area contributed by atoms with Gasteiger partial charge in [-0.05, 0) is 31.9 Å². The van der Waals surface area contributed by atoms with Crippen molar-refractivity contribution in [1.29, 1.82) is 0 Å². The maximum atomic E-state index is 12.0. The fourth-order valence-corrected chi connectivity index (χ4v) is 1.83. The van der Waals surface area contributed by atoms with Crippen LogP contribution in [0.25, 0.3) is 0 Å². The van der Waals surface area contributed by atoms with Gasteiger partial charge < -0.3 is 14.8 Å². The van der Waals surface area contributed by atoms with Gasteiger partial charge in [0.2, 0.25) is 0 Å². The van der Waals surface area contributed by atoms with Gasteiger partial charge in [-0.25, -0.2) is 4.79 Å². The molecule has 1 N–H and O–H groups in total. The van der Waals surface area contributed by atoms with Gasteiger partial charge in [-0.15, -0.1) is 0 Å². The van der Waals surface area contributed by atoms with Crippen LogP contribution < -0.4 is 5.32 Å². The van der Waals surface area contributed by atoms with Crippen LogP contribution in [0.2, 0.25) is 0 Å². The summed E-state index contributed by atoms with van der Waals surface area (Å²) in [6, 6.07) is 9.27. The molecule has 106 valence electrons. The fraction of sp³-hybridized carbons (Fsp3) is 0.533. The summed E-state index contributed by atoms with van der Waals surface area (Å²) < 4.78 is 10.1. The maximum Gasteiger partial charge on any atom is 0.327 e. The first-order chi connectivity index (χ1) is 9.29. The lowest BCUT2D eigenvalue weighted by atomic mass is 10.1. The minimum atomic E-state index is -0.385. The third-order valence-corrected chi connectivity index (χ3v) is 2.78. The second-order valence-electron chi connectivity index (χ2n) is 4.25. The van der Waals surface area contributed by atoms with E-state index in [1.807, 2.05) is 37.3 Å². The van der Waals surface area contributed by atoms with Crippen molar-refractivity contribution in [2.75, 3.05) is 26.9 Å². The minimum absolute atomic E-state index is 0.222. The number of esters is 1. The summed E-state index contributed by atoms with van der Waals surface area (Å²) in [4.78, 5) is 12.0. The Kier molecular flexibility index (Phi) is 7.86. The van der Waals surface area contributed by atoms with Crippen molar-refractivity contribution in [2.24, 2.45) is 0 Å². The lowest BCUT2D eigenvalue weighted by Gasteiger charge is -2.17. The summed E-state index contributed by atoms with van der Waals surface area (Å²) in [5.74, 6) is -0.222. The van der Waals surface area contributed by atoms with E-state index in [4.69, 9.17) is 9.47 Å². The van der Waals surface area contributed by atoms with E-state index in [-0.39, 0.29) is 12.0 Å². The number of carbonyl (C=O) groups excluding carboxylic acids is 1. The molecule has 0 saturated carbocycles. The van der Waals surface area contributed by atoms with Gasteiger partial charge in [0, 0.05) is 13.7 Å². The number of methoxy groups -OCH3 is 1. The molecule has 0 heterocycles. The van der Waals surface area contributed by atoms with Crippen LogP contribution in [0, 0.1) is 0 Å². The fourth-order valence-electron chi connectivity index (χ4n) is 1.83. The zero-order valence-corrected chi connectivity index (χ0v) is 11.7. The molecule has 0 aromatic heterocycles. The van der Waals surface area contributed by atoms with Gasteiger partial charge in [0.05, 0.1) is 6.61 Å². The molecule has 0 radical (unpaired) electrons. The Hall–Kier alpha value is -1.39. The number of nitrogens with one attached hydrogen (secondary N) is 1. The van der Waals surface area contributed by atoms with Crippen molar-refractivity contribution in [3.05, 3.63) is 35.9 Å². The van der Waals surface area contributed by atoms with Gasteiger partial charge in [-0.1, -0.05) is 30.3 Å². The maximum absolute atomic E-state index is 12.0. The van der Waals surface area contributed by atoms with Gasteiger partial charge in [0.25, 0.3) is 0 Å². The van der Waals surface area contributed by atoms with Gasteiger partial charge in [0.1, 0.15) is 6.04 Å². The highest BCUT2D eigenvalue weighted by Crippen LogP contribution is 2.14. The Labute approximate surface area is 115 Å². The molecule has 1 atom stereocenters. The van der Waals surface area contributed by atoms with Crippen LogP contribution in [0.5, 0.6) is 0 Å². The standard InChI is InChI=1S/C15H23NO3/c1-3-19-15(17)14(13-9-5-4-6-10-13)16-11-7-8-12-18-2/h4-6,9-10,14,16H,3,7-8,11-12H2,1-2H3. The van der Waals surface area contributed by atoms with Crippen LogP contribution in [0.15, 0.2) is 30.3 Å². The van der Waals surface area contributed by atoms with Crippen LogP contribution in [0.1, 0.15) is 31.4 Å². The molecule has 0 bridgehead atoms. The quantitative estimate of drug-likeness (QED) is 0.550. The van der Waals surface area contributed by atoms with E-state index in [0.717, 1.165) is 31.6 Å². The average Bonchev–Trinajstić information content (AvgIpc) is 2.44. The monoisotopic (exact) mass is 265 g/mol. The van der Waals surface area contributed by atoms with Gasteiger partial charge in [0.15, 0.2) is 0 Å². The second kappa shape index (κ2) is 9.53. The molecule has 4 heteroatoms. The molecule has 0 aliphatic rings. The van der Waals surface area contributed by atoms with E-state index < -0.39 is 0 Å². The third kappa shape index (κ3) is 5.85. The van der Waals surface area contributed by atoms with Crippen molar-refractivity contribution in [3.8, 4) is 0 Å². The predicted molar refractivity (Wildman–Crippen MR) is 74.9 cm³/mol. The SMILES string of the molecule is CCOC(=O)C(NCCCCOC)c1ccccc1. The van der Waals surface area contributed by atoms with E-state index in [2.05, 4.69) is 5.32 Å². The van der Waals surface area contributed by atoms with E-state index in [1.54, 1.807) is 7.11 Å². The first kappa shape index (κ1) is 15.7. The number of carbonyl (C=O) groups is 1. The number of unbranched alkanes of at least 4 members (excludes halogenated alkanes) is 1. The Morgan fingerprint density at radius 1 is 1.26 bits per heavy atom.